The Balaban J connectivity index is 1.53. The Kier molecular flexibility index (Phi) is 7.57. The number of piperidine rings is 1. The van der Waals surface area contributed by atoms with Crippen LogP contribution in [0.3, 0.4) is 0 Å². The Morgan fingerprint density at radius 3 is 2.56 bits per heavy atom. The molecule has 1 N–H and O–H groups in total. The molecule has 4 rings (SSSR count). The van der Waals surface area contributed by atoms with E-state index in [9.17, 15) is 18.4 Å². The molecule has 0 atom stereocenters. The SMILES string of the molecule is COC(=O)c1cnc(N2CCC(Oc3ccc(F)cc3F)CC2)c(NC(=O)c2cccnc2OC)c1. The van der Waals surface area contributed by atoms with Crippen molar-refractivity contribution in [3.63, 3.8) is 0 Å². The van der Waals surface area contributed by atoms with Crippen LogP contribution in [0.25, 0.3) is 0 Å². The summed E-state index contributed by atoms with van der Waals surface area (Å²) in [6.07, 6.45) is 3.65. The molecule has 1 amide bonds. The molecule has 0 unspecified atom stereocenters. The first-order valence-electron chi connectivity index (χ1n) is 11.1. The zero-order chi connectivity index (χ0) is 25.7. The quantitative estimate of drug-likeness (QED) is 0.490. The summed E-state index contributed by atoms with van der Waals surface area (Å²) in [6, 6.07) is 7.86. The van der Waals surface area contributed by atoms with Crippen molar-refractivity contribution in [1.29, 1.82) is 0 Å². The van der Waals surface area contributed by atoms with Crippen LogP contribution in [-0.4, -0.2) is 55.3 Å². The van der Waals surface area contributed by atoms with Gasteiger partial charge in [0, 0.05) is 44.4 Å². The molecule has 0 aliphatic carbocycles. The van der Waals surface area contributed by atoms with Gasteiger partial charge in [0.25, 0.3) is 5.91 Å². The number of amides is 1. The number of methoxy groups -OCH3 is 2. The summed E-state index contributed by atoms with van der Waals surface area (Å²) in [5.74, 6) is -1.92. The maximum absolute atomic E-state index is 14.0. The largest absolute Gasteiger partial charge is 0.487 e. The van der Waals surface area contributed by atoms with E-state index in [1.807, 2.05) is 4.90 Å². The van der Waals surface area contributed by atoms with Crippen LogP contribution >= 0.6 is 0 Å². The lowest BCUT2D eigenvalue weighted by molar-refractivity contribution is 0.0600. The minimum atomic E-state index is -0.756. The topological polar surface area (TPSA) is 103 Å². The highest BCUT2D eigenvalue weighted by Crippen LogP contribution is 2.30. The fraction of sp³-hybridized carbons (Fsp3) is 0.280. The van der Waals surface area contributed by atoms with Gasteiger partial charge in [-0.2, -0.15) is 0 Å². The molecule has 0 bridgehead atoms. The second-order valence-corrected chi connectivity index (χ2v) is 7.98. The van der Waals surface area contributed by atoms with Gasteiger partial charge in [-0.1, -0.05) is 0 Å². The van der Waals surface area contributed by atoms with E-state index in [1.165, 1.54) is 38.7 Å². The number of hydrogen-bond acceptors (Lipinski definition) is 8. The van der Waals surface area contributed by atoms with Crippen molar-refractivity contribution in [3.05, 3.63) is 71.6 Å². The number of carbonyl (C=O) groups is 2. The molecule has 3 aromatic rings. The van der Waals surface area contributed by atoms with Gasteiger partial charge in [-0.25, -0.2) is 23.5 Å². The molecule has 1 fully saturated rings. The molecule has 2 aromatic heterocycles. The molecule has 3 heterocycles. The van der Waals surface area contributed by atoms with E-state index >= 15 is 0 Å². The van der Waals surface area contributed by atoms with Gasteiger partial charge in [0.1, 0.15) is 17.5 Å². The van der Waals surface area contributed by atoms with Crippen LogP contribution in [0.1, 0.15) is 33.6 Å². The van der Waals surface area contributed by atoms with Crippen molar-refractivity contribution < 1.29 is 32.6 Å². The van der Waals surface area contributed by atoms with E-state index in [4.69, 9.17) is 14.2 Å². The van der Waals surface area contributed by atoms with E-state index in [0.29, 0.717) is 37.4 Å². The Bertz CT molecular complexity index is 1260. The molecule has 0 radical (unpaired) electrons. The molecule has 1 aliphatic rings. The second kappa shape index (κ2) is 11.0. The normalized spacial score (nSPS) is 13.7. The van der Waals surface area contributed by atoms with Crippen molar-refractivity contribution in [1.82, 2.24) is 9.97 Å². The molecule has 1 aliphatic heterocycles. The van der Waals surface area contributed by atoms with Gasteiger partial charge in [0.15, 0.2) is 17.4 Å². The third-order valence-corrected chi connectivity index (χ3v) is 5.67. The molecule has 1 aromatic carbocycles. The molecule has 1 saturated heterocycles. The van der Waals surface area contributed by atoms with Crippen LogP contribution in [0.15, 0.2) is 48.8 Å². The minimum Gasteiger partial charge on any atom is -0.487 e. The molecule has 36 heavy (non-hydrogen) atoms. The van der Waals surface area contributed by atoms with E-state index in [1.54, 1.807) is 12.1 Å². The highest BCUT2D eigenvalue weighted by molar-refractivity contribution is 6.07. The lowest BCUT2D eigenvalue weighted by Crippen LogP contribution is -2.39. The third kappa shape index (κ3) is 5.51. The molecular weight excluding hydrogens is 474 g/mol. The van der Waals surface area contributed by atoms with Crippen molar-refractivity contribution in [2.45, 2.75) is 18.9 Å². The number of esters is 1. The van der Waals surface area contributed by atoms with Gasteiger partial charge in [0.05, 0.1) is 25.5 Å². The summed E-state index contributed by atoms with van der Waals surface area (Å²) in [4.78, 5) is 35.5. The molecular formula is C25H24F2N4O5. The number of hydrogen-bond donors (Lipinski definition) is 1. The maximum atomic E-state index is 14.0. The first-order chi connectivity index (χ1) is 17.4. The van der Waals surface area contributed by atoms with Gasteiger partial charge in [-0.3, -0.25) is 4.79 Å². The number of carbonyl (C=O) groups excluding carboxylic acids is 2. The van der Waals surface area contributed by atoms with Crippen molar-refractivity contribution in [2.24, 2.45) is 0 Å². The van der Waals surface area contributed by atoms with Gasteiger partial charge in [-0.15, -0.1) is 0 Å². The molecule has 11 heteroatoms. The summed E-state index contributed by atoms with van der Waals surface area (Å²) in [5.41, 5.74) is 0.681. The number of aromatic nitrogens is 2. The summed E-state index contributed by atoms with van der Waals surface area (Å²) in [5, 5.41) is 2.79. The van der Waals surface area contributed by atoms with Crippen LogP contribution in [0.2, 0.25) is 0 Å². The number of ether oxygens (including phenoxy) is 3. The maximum Gasteiger partial charge on any atom is 0.339 e. The molecule has 0 spiro atoms. The fourth-order valence-electron chi connectivity index (χ4n) is 3.88. The van der Waals surface area contributed by atoms with Crippen molar-refractivity contribution in [2.75, 3.05) is 37.5 Å². The first-order valence-corrected chi connectivity index (χ1v) is 11.1. The Morgan fingerprint density at radius 1 is 1.08 bits per heavy atom. The summed E-state index contributed by atoms with van der Waals surface area (Å²) >= 11 is 0. The lowest BCUT2D eigenvalue weighted by Gasteiger charge is -2.34. The first kappa shape index (κ1) is 24.8. The monoisotopic (exact) mass is 498 g/mol. The average molecular weight is 498 g/mol. The molecule has 188 valence electrons. The van der Waals surface area contributed by atoms with Crippen LogP contribution < -0.4 is 19.7 Å². The Morgan fingerprint density at radius 2 is 1.86 bits per heavy atom. The second-order valence-electron chi connectivity index (χ2n) is 7.98. The van der Waals surface area contributed by atoms with Crippen LogP contribution in [0.5, 0.6) is 11.6 Å². The van der Waals surface area contributed by atoms with Gasteiger partial charge < -0.3 is 24.4 Å². The van der Waals surface area contributed by atoms with Gasteiger partial charge in [0.2, 0.25) is 5.88 Å². The van der Waals surface area contributed by atoms with Crippen LogP contribution in [0, 0.1) is 11.6 Å². The van der Waals surface area contributed by atoms with Crippen LogP contribution in [0.4, 0.5) is 20.3 Å². The highest BCUT2D eigenvalue weighted by atomic mass is 19.1. The van der Waals surface area contributed by atoms with Crippen molar-refractivity contribution in [3.8, 4) is 11.6 Å². The predicted molar refractivity (Wildman–Crippen MR) is 127 cm³/mol. The van der Waals surface area contributed by atoms with Crippen LogP contribution in [-0.2, 0) is 4.74 Å². The standard InChI is InChI=1S/C25H24F2N4O5/c1-34-24-18(4-3-9-28-24)23(32)30-20-12-15(25(33)35-2)14-29-22(20)31-10-7-17(8-11-31)36-21-6-5-16(26)13-19(21)27/h3-6,9,12-14,17H,7-8,10-11H2,1-2H3,(H,30,32). The van der Waals surface area contributed by atoms with E-state index < -0.39 is 23.5 Å². The third-order valence-electron chi connectivity index (χ3n) is 5.67. The summed E-state index contributed by atoms with van der Waals surface area (Å²) in [7, 11) is 2.66. The smallest absolute Gasteiger partial charge is 0.339 e. The minimum absolute atomic E-state index is 0.00576. The van der Waals surface area contributed by atoms with E-state index in [-0.39, 0.29) is 28.9 Å². The van der Waals surface area contributed by atoms with E-state index in [2.05, 4.69) is 15.3 Å². The number of anilines is 2. The molecule has 0 saturated carbocycles. The lowest BCUT2D eigenvalue weighted by atomic mass is 10.1. The number of nitrogens with zero attached hydrogens (tertiary/aromatic N) is 3. The number of benzene rings is 1. The summed E-state index contributed by atoms with van der Waals surface area (Å²) < 4.78 is 42.8. The number of halogens is 2. The zero-order valence-corrected chi connectivity index (χ0v) is 19.7. The van der Waals surface area contributed by atoms with E-state index in [0.717, 1.165) is 12.1 Å². The average Bonchev–Trinajstić information content (AvgIpc) is 2.90. The van der Waals surface area contributed by atoms with Crippen molar-refractivity contribution >= 4 is 23.4 Å². The Labute approximate surface area is 206 Å². The Hall–Kier alpha value is -4.28. The predicted octanol–water partition coefficient (Wildman–Crippen LogP) is 3.85. The molecule has 9 nitrogen and oxygen atoms in total. The number of pyridine rings is 2. The zero-order valence-electron chi connectivity index (χ0n) is 19.7. The van der Waals surface area contributed by atoms with Gasteiger partial charge >= 0.3 is 5.97 Å². The summed E-state index contributed by atoms with van der Waals surface area (Å²) in [6.45, 7) is 0.967. The number of rotatable bonds is 7. The fourth-order valence-corrected chi connectivity index (χ4v) is 3.88. The number of nitrogens with one attached hydrogen (secondary N) is 1. The van der Waals surface area contributed by atoms with Gasteiger partial charge in [-0.05, 0) is 30.3 Å². The highest BCUT2D eigenvalue weighted by Gasteiger charge is 2.26.